The second-order valence-corrected chi connectivity index (χ2v) is 7.30. The highest BCUT2D eigenvalue weighted by molar-refractivity contribution is 7.14. The van der Waals surface area contributed by atoms with E-state index in [9.17, 15) is 0 Å². The number of aryl methyl sites for hydroxylation is 1. The Balaban J connectivity index is 0.00000196. The minimum Gasteiger partial charge on any atom is -0.346 e. The van der Waals surface area contributed by atoms with Crippen molar-refractivity contribution >= 4 is 39.8 Å². The molecule has 0 bridgehead atoms. The average molecular weight is 388 g/mol. The van der Waals surface area contributed by atoms with E-state index in [1.807, 2.05) is 6.07 Å². The maximum atomic E-state index is 8.91. The van der Waals surface area contributed by atoms with Crippen LogP contribution in [0.5, 0.6) is 0 Å². The van der Waals surface area contributed by atoms with Gasteiger partial charge in [0.1, 0.15) is 0 Å². The van der Waals surface area contributed by atoms with E-state index in [1.165, 1.54) is 10.9 Å². The third kappa shape index (κ3) is 3.56. The van der Waals surface area contributed by atoms with Crippen LogP contribution in [0.1, 0.15) is 6.42 Å². The molecule has 1 aliphatic rings. The first-order valence-corrected chi connectivity index (χ1v) is 9.48. The summed E-state index contributed by atoms with van der Waals surface area (Å²) in [7, 11) is 2.17. The van der Waals surface area contributed by atoms with Crippen molar-refractivity contribution in [2.45, 2.75) is 13.0 Å². The lowest BCUT2D eigenvalue weighted by Gasteiger charge is -2.32. The summed E-state index contributed by atoms with van der Waals surface area (Å²) in [4.78, 5) is 9.65. The fraction of sp³-hybridized carbons (Fsp3) is 0.368. The van der Waals surface area contributed by atoms with E-state index in [1.54, 1.807) is 11.3 Å². The van der Waals surface area contributed by atoms with Crippen molar-refractivity contribution in [2.24, 2.45) is 0 Å². The molecule has 5 nitrogen and oxygen atoms in total. The van der Waals surface area contributed by atoms with E-state index in [-0.39, 0.29) is 12.4 Å². The minimum absolute atomic E-state index is 0. The van der Waals surface area contributed by atoms with E-state index in [0.29, 0.717) is 13.0 Å². The molecule has 0 amide bonds. The Morgan fingerprint density at radius 1 is 1.19 bits per heavy atom. The quantitative estimate of drug-likeness (QED) is 0.682. The molecule has 26 heavy (non-hydrogen) atoms. The van der Waals surface area contributed by atoms with Gasteiger partial charge in [0.15, 0.2) is 5.13 Å². The van der Waals surface area contributed by atoms with Gasteiger partial charge >= 0.3 is 0 Å². The summed E-state index contributed by atoms with van der Waals surface area (Å²) in [6.45, 7) is 4.96. The normalized spacial score (nSPS) is 15.0. The maximum absolute atomic E-state index is 8.91. The van der Waals surface area contributed by atoms with Crippen LogP contribution in [0.4, 0.5) is 5.13 Å². The van der Waals surface area contributed by atoms with Crippen LogP contribution in [-0.2, 0) is 6.54 Å². The molecule has 136 valence electrons. The lowest BCUT2D eigenvalue weighted by atomic mass is 10.1. The zero-order chi connectivity index (χ0) is 17.2. The van der Waals surface area contributed by atoms with E-state index in [2.05, 4.69) is 57.3 Å². The van der Waals surface area contributed by atoms with Crippen LogP contribution in [0.3, 0.4) is 0 Å². The van der Waals surface area contributed by atoms with Gasteiger partial charge in [-0.1, -0.05) is 18.2 Å². The largest absolute Gasteiger partial charge is 0.346 e. The highest BCUT2D eigenvalue weighted by atomic mass is 35.5. The summed E-state index contributed by atoms with van der Waals surface area (Å²) in [5.74, 6) is 0. The number of hydrogen-bond acceptors (Lipinski definition) is 5. The first-order valence-electron chi connectivity index (χ1n) is 8.60. The Labute approximate surface area is 163 Å². The van der Waals surface area contributed by atoms with Gasteiger partial charge in [-0.25, -0.2) is 4.98 Å². The van der Waals surface area contributed by atoms with Crippen LogP contribution in [0.15, 0.2) is 35.8 Å². The van der Waals surface area contributed by atoms with Crippen LogP contribution < -0.4 is 4.90 Å². The predicted octanol–water partition coefficient (Wildman–Crippen LogP) is 3.85. The molecule has 0 N–H and O–H groups in total. The lowest BCUT2D eigenvalue weighted by molar-refractivity contribution is 0.313. The number of benzene rings is 1. The number of rotatable bonds is 4. The third-order valence-corrected chi connectivity index (χ3v) is 5.70. The van der Waals surface area contributed by atoms with Crippen molar-refractivity contribution in [3.8, 4) is 17.3 Å². The molecule has 0 atom stereocenters. The maximum Gasteiger partial charge on any atom is 0.185 e. The predicted molar refractivity (Wildman–Crippen MR) is 110 cm³/mol. The second kappa shape index (κ2) is 8.09. The Kier molecular flexibility index (Phi) is 5.82. The summed E-state index contributed by atoms with van der Waals surface area (Å²) >= 11 is 1.72. The fourth-order valence-electron chi connectivity index (χ4n) is 3.34. The molecule has 0 saturated carbocycles. The smallest absolute Gasteiger partial charge is 0.185 e. The van der Waals surface area contributed by atoms with Crippen LogP contribution in [0, 0.1) is 11.3 Å². The molecule has 2 aromatic heterocycles. The van der Waals surface area contributed by atoms with Crippen LogP contribution >= 0.6 is 23.7 Å². The topological polar surface area (TPSA) is 48.1 Å². The van der Waals surface area contributed by atoms with Gasteiger partial charge in [-0.2, -0.15) is 5.26 Å². The van der Waals surface area contributed by atoms with Crippen LogP contribution in [0.2, 0.25) is 0 Å². The second-order valence-electron chi connectivity index (χ2n) is 6.47. The number of hydrogen-bond donors (Lipinski definition) is 0. The molecule has 7 heteroatoms. The molecule has 1 aliphatic heterocycles. The molecule has 4 rings (SSSR count). The van der Waals surface area contributed by atoms with E-state index < -0.39 is 0 Å². The summed E-state index contributed by atoms with van der Waals surface area (Å²) in [6, 6.07) is 10.6. The number of piperazine rings is 1. The number of likely N-dealkylation sites (N-methyl/N-ethyl adjacent to an activating group) is 1. The summed E-state index contributed by atoms with van der Waals surface area (Å²) in [5.41, 5.74) is 3.36. The molecular formula is C19H22ClN5S. The SMILES string of the molecule is CN1CCN(c2nc(-c3cn(CCC#N)c4ccccc34)cs2)CC1.Cl. The Morgan fingerprint density at radius 2 is 1.96 bits per heavy atom. The van der Waals surface area contributed by atoms with Gasteiger partial charge in [-0.3, -0.25) is 0 Å². The number of aromatic nitrogens is 2. The average Bonchev–Trinajstić information content (AvgIpc) is 3.25. The van der Waals surface area contributed by atoms with Gasteiger partial charge in [0.2, 0.25) is 0 Å². The van der Waals surface area contributed by atoms with Crippen LogP contribution in [0.25, 0.3) is 22.2 Å². The number of nitrogens with zero attached hydrogens (tertiary/aromatic N) is 5. The molecule has 3 heterocycles. The highest BCUT2D eigenvalue weighted by Crippen LogP contribution is 2.34. The number of thiazole rings is 1. The molecular weight excluding hydrogens is 366 g/mol. The van der Waals surface area contributed by atoms with E-state index in [0.717, 1.165) is 42.6 Å². The Bertz CT molecular complexity index is 918. The molecule has 1 aromatic carbocycles. The number of anilines is 1. The zero-order valence-corrected chi connectivity index (χ0v) is 16.4. The van der Waals surface area contributed by atoms with E-state index >= 15 is 0 Å². The molecule has 1 saturated heterocycles. The highest BCUT2D eigenvalue weighted by Gasteiger charge is 2.19. The first-order chi connectivity index (χ1) is 12.3. The number of halogens is 1. The van der Waals surface area contributed by atoms with Crippen molar-refractivity contribution in [1.29, 1.82) is 5.26 Å². The standard InChI is InChI=1S/C19H21N5S.ClH/c1-22-9-11-23(12-10-22)19-21-17(14-25-19)16-13-24(8-4-7-20)18-6-3-2-5-15(16)18;/h2-3,5-6,13-14H,4,8-12H2,1H3;1H. The van der Waals surface area contributed by atoms with Gasteiger partial charge < -0.3 is 14.4 Å². The third-order valence-electron chi connectivity index (χ3n) is 4.79. The van der Waals surface area contributed by atoms with Gasteiger partial charge in [-0.15, -0.1) is 23.7 Å². The fourth-order valence-corrected chi connectivity index (χ4v) is 4.22. The molecule has 0 unspecified atom stereocenters. The minimum atomic E-state index is 0. The van der Waals surface area contributed by atoms with Crippen molar-refractivity contribution in [2.75, 3.05) is 38.1 Å². The number of para-hydroxylation sites is 1. The zero-order valence-electron chi connectivity index (χ0n) is 14.8. The number of fused-ring (bicyclic) bond motifs is 1. The molecule has 0 aliphatic carbocycles. The summed E-state index contributed by atoms with van der Waals surface area (Å²) in [6.07, 6.45) is 2.66. The van der Waals surface area contributed by atoms with Crippen LogP contribution in [-0.4, -0.2) is 47.7 Å². The molecule has 1 fully saturated rings. The summed E-state index contributed by atoms with van der Waals surface area (Å²) in [5, 5.41) is 13.4. The van der Waals surface area contributed by atoms with Crippen molar-refractivity contribution < 1.29 is 0 Å². The van der Waals surface area contributed by atoms with Crippen molar-refractivity contribution in [1.82, 2.24) is 14.5 Å². The molecule has 0 radical (unpaired) electrons. The number of nitriles is 1. The molecule has 3 aromatic rings. The van der Waals surface area contributed by atoms with Crippen molar-refractivity contribution in [3.63, 3.8) is 0 Å². The van der Waals surface area contributed by atoms with Gasteiger partial charge in [0, 0.05) is 60.8 Å². The van der Waals surface area contributed by atoms with Gasteiger partial charge in [0.25, 0.3) is 0 Å². The van der Waals surface area contributed by atoms with Crippen molar-refractivity contribution in [3.05, 3.63) is 35.8 Å². The van der Waals surface area contributed by atoms with Gasteiger partial charge in [-0.05, 0) is 13.1 Å². The Hall–Kier alpha value is -2.07. The summed E-state index contributed by atoms with van der Waals surface area (Å²) < 4.78 is 2.17. The van der Waals surface area contributed by atoms with Gasteiger partial charge in [0.05, 0.1) is 18.2 Å². The Morgan fingerprint density at radius 3 is 2.73 bits per heavy atom. The lowest BCUT2D eigenvalue weighted by Crippen LogP contribution is -2.44. The molecule has 0 spiro atoms. The monoisotopic (exact) mass is 387 g/mol. The van der Waals surface area contributed by atoms with E-state index in [4.69, 9.17) is 10.2 Å². The first kappa shape index (κ1) is 18.7.